The lowest BCUT2D eigenvalue weighted by Crippen LogP contribution is -2.49. The van der Waals surface area contributed by atoms with Crippen LogP contribution in [0.1, 0.15) is 40.0 Å². The summed E-state index contributed by atoms with van der Waals surface area (Å²) in [5.41, 5.74) is 2.93. The van der Waals surface area contributed by atoms with E-state index in [2.05, 4.69) is 27.0 Å². The molecule has 5 rings (SSSR count). The number of rotatable bonds is 17. The molecule has 0 radical (unpaired) electrons. The molecule has 0 bridgehead atoms. The summed E-state index contributed by atoms with van der Waals surface area (Å²) in [6.45, 7) is 2.33. The fraction of sp³-hybridized carbons (Fsp3) is 0.465. The number of amides is 4. The summed E-state index contributed by atoms with van der Waals surface area (Å²) in [6.07, 6.45) is 3.33. The average molecular weight is 871 g/mol. The van der Waals surface area contributed by atoms with Crippen molar-refractivity contribution in [2.24, 2.45) is 0 Å². The number of pyridine rings is 1. The monoisotopic (exact) mass is 870 g/mol. The van der Waals surface area contributed by atoms with Crippen molar-refractivity contribution in [2.75, 3.05) is 105 Å². The van der Waals surface area contributed by atoms with E-state index >= 15 is 0 Å². The fourth-order valence-corrected chi connectivity index (χ4v) is 7.55. The van der Waals surface area contributed by atoms with Crippen molar-refractivity contribution >= 4 is 52.4 Å². The van der Waals surface area contributed by atoms with Crippen LogP contribution in [0, 0.1) is 11.3 Å². The van der Waals surface area contributed by atoms with E-state index in [4.69, 9.17) is 0 Å². The Kier molecular flexibility index (Phi) is 17.8. The molecule has 3 heterocycles. The number of nitriles is 1. The van der Waals surface area contributed by atoms with Crippen molar-refractivity contribution < 1.29 is 48.9 Å². The number of hydrogen-bond acceptors (Lipinski definition) is 13. The molecule has 2 aliphatic heterocycles. The summed E-state index contributed by atoms with van der Waals surface area (Å²) in [5.74, 6) is -4.45. The predicted molar refractivity (Wildman–Crippen MR) is 228 cm³/mol. The van der Waals surface area contributed by atoms with Gasteiger partial charge in [-0.1, -0.05) is 18.2 Å². The summed E-state index contributed by atoms with van der Waals surface area (Å²) >= 11 is 0. The largest absolute Gasteiger partial charge is 0.480 e. The van der Waals surface area contributed by atoms with Gasteiger partial charge < -0.3 is 36.2 Å². The molecule has 0 unspecified atom stereocenters. The maximum absolute atomic E-state index is 13.2. The maximum Gasteiger partial charge on any atom is 0.317 e. The quantitative estimate of drug-likeness (QED) is 0.0964. The van der Waals surface area contributed by atoms with Crippen molar-refractivity contribution in [2.45, 2.75) is 25.3 Å². The third-order valence-corrected chi connectivity index (χ3v) is 10.9. The standard InChI is InChI=1S/C43H54N10O10/c44-24-33-3-1-14-53(33)38(55)25-48-43(63)34-10-13-45-36-9-8-32(23-35(34)36)30-4-6-31(7-5-30)42(62)47-12-2-11-46-37(54)26-49-15-17-50(27-39(56)57)19-21-52(29-41(60)61)22-20-51(18-16-49)28-40(58)59/h4-10,13,23,33H,1-3,11-12,14-22,25-29H2,(H,46,54)(H,47,62)(H,48,63)(H,56,57)(H,58,59)(H,60,61)/t33-/m0/s1. The Bertz CT molecular complexity index is 2130. The van der Waals surface area contributed by atoms with E-state index in [1.165, 1.54) is 11.1 Å². The second-order valence-electron chi connectivity index (χ2n) is 15.5. The topological polar surface area (TPSA) is 269 Å². The molecule has 2 saturated heterocycles. The third kappa shape index (κ3) is 14.8. The Labute approximate surface area is 364 Å². The van der Waals surface area contributed by atoms with Gasteiger partial charge in [-0.05, 0) is 60.7 Å². The Balaban J connectivity index is 1.09. The lowest BCUT2D eigenvalue weighted by Gasteiger charge is -2.32. The molecule has 1 aromatic heterocycles. The first-order valence-electron chi connectivity index (χ1n) is 20.9. The molecule has 6 N–H and O–H groups in total. The van der Waals surface area contributed by atoms with E-state index in [0.717, 1.165) is 17.5 Å². The number of aromatic nitrogens is 1. The minimum Gasteiger partial charge on any atom is -0.480 e. The van der Waals surface area contributed by atoms with Gasteiger partial charge in [-0.3, -0.25) is 58.1 Å². The number of nitrogens with zero attached hydrogens (tertiary/aromatic N) is 7. The van der Waals surface area contributed by atoms with Crippen LogP contribution in [0.4, 0.5) is 0 Å². The van der Waals surface area contributed by atoms with Crippen molar-refractivity contribution in [1.82, 2.24) is 45.4 Å². The highest BCUT2D eigenvalue weighted by Crippen LogP contribution is 2.26. The van der Waals surface area contributed by atoms with Crippen molar-refractivity contribution in [3.05, 3.63) is 65.9 Å². The van der Waals surface area contributed by atoms with Gasteiger partial charge in [0.1, 0.15) is 6.04 Å². The SMILES string of the molecule is N#C[C@@H]1CCCN1C(=O)CNC(=O)c1ccnc2ccc(-c3ccc(C(=O)NCCCNC(=O)CN4CCN(CC(=O)O)CCN(CC(=O)O)CCN(CC(=O)O)CC4)cc3)cc12. The van der Waals surface area contributed by atoms with Crippen LogP contribution in [0.3, 0.4) is 0 Å². The fourth-order valence-electron chi connectivity index (χ4n) is 7.55. The highest BCUT2D eigenvalue weighted by molar-refractivity contribution is 6.07. The molecule has 1 atom stereocenters. The maximum atomic E-state index is 13.2. The number of nitrogens with one attached hydrogen (secondary N) is 3. The smallest absolute Gasteiger partial charge is 0.317 e. The summed E-state index contributed by atoms with van der Waals surface area (Å²) in [6, 6.07) is 15.7. The van der Waals surface area contributed by atoms with Crippen LogP contribution in [-0.2, 0) is 24.0 Å². The molecule has 0 spiro atoms. The second-order valence-corrected chi connectivity index (χ2v) is 15.5. The minimum atomic E-state index is -1.04. The van der Waals surface area contributed by atoms with Crippen LogP contribution in [0.2, 0.25) is 0 Å². The molecule has 2 aliphatic rings. The number of aliphatic carboxylic acids is 3. The van der Waals surface area contributed by atoms with Gasteiger partial charge in [0.05, 0.1) is 49.9 Å². The number of carbonyl (C=O) groups is 7. The average Bonchev–Trinajstić information content (AvgIpc) is 3.75. The Hall–Kier alpha value is -6.53. The zero-order valence-electron chi connectivity index (χ0n) is 35.0. The molecule has 63 heavy (non-hydrogen) atoms. The van der Waals surface area contributed by atoms with E-state index in [1.807, 2.05) is 17.0 Å². The predicted octanol–water partition coefficient (Wildman–Crippen LogP) is -0.142. The van der Waals surface area contributed by atoms with Crippen LogP contribution in [0.25, 0.3) is 22.0 Å². The van der Waals surface area contributed by atoms with Gasteiger partial charge in [-0.2, -0.15) is 5.26 Å². The number of carboxylic acid groups (broad SMARTS) is 3. The number of hydrogen-bond donors (Lipinski definition) is 6. The lowest BCUT2D eigenvalue weighted by atomic mass is 9.99. The molecule has 2 aromatic carbocycles. The first kappa shape index (κ1) is 47.5. The van der Waals surface area contributed by atoms with E-state index in [0.29, 0.717) is 67.6 Å². The molecule has 20 nitrogen and oxygen atoms in total. The van der Waals surface area contributed by atoms with Gasteiger partial charge in [-0.25, -0.2) is 0 Å². The zero-order chi connectivity index (χ0) is 45.3. The Morgan fingerprint density at radius 3 is 1.75 bits per heavy atom. The van der Waals surface area contributed by atoms with Gasteiger partial charge >= 0.3 is 17.9 Å². The van der Waals surface area contributed by atoms with Crippen molar-refractivity contribution in [1.29, 1.82) is 5.26 Å². The van der Waals surface area contributed by atoms with E-state index in [9.17, 15) is 54.1 Å². The molecule has 3 aromatic rings. The Morgan fingerprint density at radius 2 is 1.19 bits per heavy atom. The normalized spacial score (nSPS) is 17.2. The molecule has 0 saturated carbocycles. The number of benzene rings is 2. The van der Waals surface area contributed by atoms with Gasteiger partial charge in [0, 0.05) is 89.1 Å². The number of likely N-dealkylation sites (tertiary alicyclic amines) is 1. The molecule has 0 aliphatic carbocycles. The highest BCUT2D eigenvalue weighted by atomic mass is 16.4. The first-order chi connectivity index (χ1) is 30.3. The first-order valence-corrected chi connectivity index (χ1v) is 20.9. The van der Waals surface area contributed by atoms with Crippen LogP contribution >= 0.6 is 0 Å². The molecule has 336 valence electrons. The van der Waals surface area contributed by atoms with E-state index in [-0.39, 0.29) is 89.7 Å². The number of carboxylic acids is 3. The molecule has 2 fully saturated rings. The van der Waals surface area contributed by atoms with Crippen LogP contribution < -0.4 is 16.0 Å². The molecule has 20 heteroatoms. The Morgan fingerprint density at radius 1 is 0.651 bits per heavy atom. The summed E-state index contributed by atoms with van der Waals surface area (Å²) < 4.78 is 0. The molecular weight excluding hydrogens is 817 g/mol. The summed E-state index contributed by atoms with van der Waals surface area (Å²) in [4.78, 5) is 99.1. The zero-order valence-corrected chi connectivity index (χ0v) is 35.0. The molecule has 4 amide bonds. The van der Waals surface area contributed by atoms with Gasteiger partial charge in [0.2, 0.25) is 11.8 Å². The van der Waals surface area contributed by atoms with Crippen molar-refractivity contribution in [3.63, 3.8) is 0 Å². The highest BCUT2D eigenvalue weighted by Gasteiger charge is 2.29. The van der Waals surface area contributed by atoms with E-state index < -0.39 is 29.9 Å². The van der Waals surface area contributed by atoms with Crippen LogP contribution in [-0.4, -0.2) is 197 Å². The third-order valence-electron chi connectivity index (χ3n) is 10.9. The lowest BCUT2D eigenvalue weighted by molar-refractivity contribution is -0.140. The van der Waals surface area contributed by atoms with Crippen LogP contribution in [0.5, 0.6) is 0 Å². The number of carbonyl (C=O) groups excluding carboxylic acids is 4. The van der Waals surface area contributed by atoms with Gasteiger partial charge in [-0.15, -0.1) is 0 Å². The summed E-state index contributed by atoms with van der Waals surface area (Å²) in [5, 5.41) is 46.5. The molecular formula is C43H54N10O10. The summed E-state index contributed by atoms with van der Waals surface area (Å²) in [7, 11) is 0. The van der Waals surface area contributed by atoms with Crippen LogP contribution in [0.15, 0.2) is 54.7 Å². The van der Waals surface area contributed by atoms with E-state index in [1.54, 1.807) is 51.1 Å². The minimum absolute atomic E-state index is 0.0155. The van der Waals surface area contributed by atoms with Crippen molar-refractivity contribution in [3.8, 4) is 17.2 Å². The number of fused-ring (bicyclic) bond motifs is 1. The van der Waals surface area contributed by atoms with Gasteiger partial charge in [0.25, 0.3) is 11.8 Å². The van der Waals surface area contributed by atoms with Gasteiger partial charge in [0.15, 0.2) is 0 Å². The second kappa shape index (κ2) is 23.6.